The van der Waals surface area contributed by atoms with Crippen molar-refractivity contribution in [3.05, 3.63) is 59.7 Å². The van der Waals surface area contributed by atoms with Crippen LogP contribution in [0.1, 0.15) is 11.1 Å². The molecule has 0 atom stereocenters. The summed E-state index contributed by atoms with van der Waals surface area (Å²) in [5.41, 5.74) is 3.76. The van der Waals surface area contributed by atoms with E-state index in [2.05, 4.69) is 5.16 Å². The van der Waals surface area contributed by atoms with E-state index in [1.165, 1.54) is 0 Å². The number of hydrogen-bond donors (Lipinski definition) is 1. The molecule has 0 unspecified atom stereocenters. The highest BCUT2D eigenvalue weighted by molar-refractivity contribution is 6.48. The van der Waals surface area contributed by atoms with E-state index in [-0.39, 0.29) is 17.9 Å². The normalized spacial score (nSPS) is 16.0. The minimum atomic E-state index is -0.157. The standard InChI is InChI=1S/C15H11NO2/c17-14-9-10-5-1-2-6-11(10)12-7-3-4-8-13(12)15(14)16-18/h1-8,18H,9H2/b16-15+. The molecular formula is C15H11NO2. The molecule has 3 rings (SSSR count). The van der Waals surface area contributed by atoms with Crippen molar-refractivity contribution in [2.75, 3.05) is 0 Å². The fraction of sp³-hybridized carbons (Fsp3) is 0.0667. The summed E-state index contributed by atoms with van der Waals surface area (Å²) in [6.45, 7) is 0. The number of carbonyl (C=O) groups is 1. The number of hydrogen-bond acceptors (Lipinski definition) is 3. The zero-order valence-corrected chi connectivity index (χ0v) is 9.63. The van der Waals surface area contributed by atoms with Crippen LogP contribution in [-0.2, 0) is 11.2 Å². The van der Waals surface area contributed by atoms with Gasteiger partial charge in [0.1, 0.15) is 0 Å². The van der Waals surface area contributed by atoms with Gasteiger partial charge in [0.05, 0.1) is 0 Å². The SMILES string of the molecule is O=C1Cc2ccccc2-c2ccccc2/C1=N\O. The Hall–Kier alpha value is -2.42. The van der Waals surface area contributed by atoms with E-state index in [1.54, 1.807) is 0 Å². The Bertz CT molecular complexity index is 659. The van der Waals surface area contributed by atoms with E-state index in [0.717, 1.165) is 16.7 Å². The van der Waals surface area contributed by atoms with Gasteiger partial charge in [-0.05, 0) is 16.7 Å². The summed E-state index contributed by atoms with van der Waals surface area (Å²) in [6, 6.07) is 15.3. The number of fused-ring (bicyclic) bond motifs is 3. The lowest BCUT2D eigenvalue weighted by Crippen LogP contribution is -2.16. The number of Topliss-reactive ketones (excluding diaryl/α,β-unsaturated/α-hetero) is 1. The quantitative estimate of drug-likeness (QED) is 0.565. The summed E-state index contributed by atoms with van der Waals surface area (Å²) < 4.78 is 0. The molecule has 1 N–H and O–H groups in total. The van der Waals surface area contributed by atoms with Crippen LogP contribution in [0.15, 0.2) is 53.7 Å². The summed E-state index contributed by atoms with van der Waals surface area (Å²) in [6.07, 6.45) is 0.268. The molecule has 0 saturated heterocycles. The van der Waals surface area contributed by atoms with E-state index in [4.69, 9.17) is 5.21 Å². The monoisotopic (exact) mass is 237 g/mol. The first kappa shape index (κ1) is 10.7. The summed E-state index contributed by atoms with van der Waals surface area (Å²) in [7, 11) is 0. The second-order valence-electron chi connectivity index (χ2n) is 4.25. The minimum Gasteiger partial charge on any atom is -0.410 e. The van der Waals surface area contributed by atoms with Crippen molar-refractivity contribution in [1.82, 2.24) is 0 Å². The molecule has 0 aromatic heterocycles. The van der Waals surface area contributed by atoms with E-state index in [0.29, 0.717) is 5.56 Å². The van der Waals surface area contributed by atoms with Crippen molar-refractivity contribution in [3.63, 3.8) is 0 Å². The van der Waals surface area contributed by atoms with E-state index < -0.39 is 0 Å². The highest BCUT2D eigenvalue weighted by atomic mass is 16.4. The summed E-state index contributed by atoms with van der Waals surface area (Å²) in [4.78, 5) is 12.1. The lowest BCUT2D eigenvalue weighted by atomic mass is 9.96. The lowest BCUT2D eigenvalue weighted by molar-refractivity contribution is -0.112. The van der Waals surface area contributed by atoms with Crippen molar-refractivity contribution in [2.24, 2.45) is 5.16 Å². The molecule has 0 radical (unpaired) electrons. The number of oxime groups is 1. The third-order valence-corrected chi connectivity index (χ3v) is 3.20. The van der Waals surface area contributed by atoms with Crippen LogP contribution >= 0.6 is 0 Å². The van der Waals surface area contributed by atoms with Crippen molar-refractivity contribution in [3.8, 4) is 11.1 Å². The molecule has 18 heavy (non-hydrogen) atoms. The second-order valence-corrected chi connectivity index (χ2v) is 4.25. The van der Waals surface area contributed by atoms with Crippen LogP contribution in [0, 0.1) is 0 Å². The van der Waals surface area contributed by atoms with Crippen LogP contribution in [0.2, 0.25) is 0 Å². The number of benzene rings is 2. The molecule has 2 aromatic carbocycles. The van der Waals surface area contributed by atoms with Gasteiger partial charge in [-0.1, -0.05) is 53.7 Å². The predicted molar refractivity (Wildman–Crippen MR) is 68.9 cm³/mol. The van der Waals surface area contributed by atoms with Crippen LogP contribution in [0.25, 0.3) is 11.1 Å². The molecule has 3 heteroatoms. The van der Waals surface area contributed by atoms with Gasteiger partial charge in [-0.25, -0.2) is 0 Å². The molecular weight excluding hydrogens is 226 g/mol. The van der Waals surface area contributed by atoms with Gasteiger partial charge >= 0.3 is 0 Å². The van der Waals surface area contributed by atoms with E-state index in [1.807, 2.05) is 48.5 Å². The van der Waals surface area contributed by atoms with Gasteiger partial charge < -0.3 is 5.21 Å². The molecule has 88 valence electrons. The molecule has 0 bridgehead atoms. The Kier molecular flexibility index (Phi) is 2.45. The van der Waals surface area contributed by atoms with Gasteiger partial charge in [-0.15, -0.1) is 0 Å². The Morgan fingerprint density at radius 3 is 2.22 bits per heavy atom. The van der Waals surface area contributed by atoms with Crippen LogP contribution in [0.4, 0.5) is 0 Å². The van der Waals surface area contributed by atoms with Crippen molar-refractivity contribution < 1.29 is 10.0 Å². The second kappa shape index (κ2) is 4.11. The largest absolute Gasteiger partial charge is 0.410 e. The highest BCUT2D eigenvalue weighted by Gasteiger charge is 2.24. The lowest BCUT2D eigenvalue weighted by Gasteiger charge is -2.07. The van der Waals surface area contributed by atoms with Gasteiger partial charge in [0.25, 0.3) is 0 Å². The van der Waals surface area contributed by atoms with Gasteiger partial charge in [-0.2, -0.15) is 0 Å². The van der Waals surface area contributed by atoms with Gasteiger partial charge in [-0.3, -0.25) is 4.79 Å². The topological polar surface area (TPSA) is 49.7 Å². The minimum absolute atomic E-state index is 0.141. The Morgan fingerprint density at radius 2 is 1.50 bits per heavy atom. The maximum absolute atomic E-state index is 12.1. The van der Waals surface area contributed by atoms with E-state index >= 15 is 0 Å². The molecule has 0 saturated carbocycles. The number of ketones is 1. The molecule has 3 nitrogen and oxygen atoms in total. The van der Waals surface area contributed by atoms with Crippen molar-refractivity contribution in [1.29, 1.82) is 0 Å². The van der Waals surface area contributed by atoms with Gasteiger partial charge in [0.15, 0.2) is 11.5 Å². The zero-order chi connectivity index (χ0) is 12.5. The summed E-state index contributed by atoms with van der Waals surface area (Å²) in [5.74, 6) is -0.157. The number of rotatable bonds is 0. The first-order valence-corrected chi connectivity index (χ1v) is 5.74. The van der Waals surface area contributed by atoms with Crippen LogP contribution in [-0.4, -0.2) is 16.7 Å². The third-order valence-electron chi connectivity index (χ3n) is 3.20. The molecule has 0 spiro atoms. The molecule has 0 fully saturated rings. The maximum Gasteiger partial charge on any atom is 0.189 e. The number of nitrogens with zero attached hydrogens (tertiary/aromatic N) is 1. The fourth-order valence-corrected chi connectivity index (χ4v) is 2.38. The predicted octanol–water partition coefficient (Wildman–Crippen LogP) is 2.66. The molecule has 2 aromatic rings. The van der Waals surface area contributed by atoms with E-state index in [9.17, 15) is 4.79 Å². The van der Waals surface area contributed by atoms with Crippen molar-refractivity contribution in [2.45, 2.75) is 6.42 Å². The molecule has 1 aliphatic rings. The first-order valence-electron chi connectivity index (χ1n) is 5.74. The Morgan fingerprint density at radius 1 is 0.889 bits per heavy atom. The van der Waals surface area contributed by atoms with Gasteiger partial charge in [0, 0.05) is 12.0 Å². The van der Waals surface area contributed by atoms with Crippen LogP contribution < -0.4 is 0 Å². The highest BCUT2D eigenvalue weighted by Crippen LogP contribution is 2.31. The van der Waals surface area contributed by atoms with Crippen LogP contribution in [0.5, 0.6) is 0 Å². The molecule has 1 aliphatic carbocycles. The van der Waals surface area contributed by atoms with Crippen molar-refractivity contribution >= 4 is 11.5 Å². The Labute approximate surface area is 104 Å². The average Bonchev–Trinajstić information content (AvgIpc) is 2.52. The molecule has 0 amide bonds. The van der Waals surface area contributed by atoms with Crippen LogP contribution in [0.3, 0.4) is 0 Å². The first-order chi connectivity index (χ1) is 8.81. The maximum atomic E-state index is 12.1. The zero-order valence-electron chi connectivity index (χ0n) is 9.63. The summed E-state index contributed by atoms with van der Waals surface area (Å²) >= 11 is 0. The smallest absolute Gasteiger partial charge is 0.189 e. The summed E-state index contributed by atoms with van der Waals surface area (Å²) in [5, 5.41) is 12.3. The Balaban J connectivity index is 2.37. The average molecular weight is 237 g/mol. The molecule has 0 aliphatic heterocycles. The fourth-order valence-electron chi connectivity index (χ4n) is 2.38. The molecule has 0 heterocycles. The third kappa shape index (κ3) is 1.52. The number of carbonyl (C=O) groups excluding carboxylic acids is 1. The van der Waals surface area contributed by atoms with Gasteiger partial charge in [0.2, 0.25) is 0 Å².